The molecule has 2 bridgehead atoms. The quantitative estimate of drug-likeness (QED) is 0.559. The maximum Gasteiger partial charge on any atom is 0.158 e. The van der Waals surface area contributed by atoms with E-state index in [2.05, 4.69) is 20.8 Å². The molecule has 2 rings (SSSR count). The highest BCUT2D eigenvalue weighted by Crippen LogP contribution is 2.25. The van der Waals surface area contributed by atoms with Crippen LogP contribution < -0.4 is 0 Å². The van der Waals surface area contributed by atoms with Crippen LogP contribution in [0.4, 0.5) is 0 Å². The molecule has 0 spiro atoms. The standard InChI is InChI=1S/C6H10O2.C4H10/c1-2-5-4-7-6(3-1)8-5;1-4(2)3/h5-6H,1-4H2;4H,1-3H3/t5-,6+;/m0./s1. The summed E-state index contributed by atoms with van der Waals surface area (Å²) in [7, 11) is 0. The van der Waals surface area contributed by atoms with Gasteiger partial charge in [-0.2, -0.15) is 0 Å². The van der Waals surface area contributed by atoms with E-state index in [4.69, 9.17) is 9.47 Å². The van der Waals surface area contributed by atoms with Crippen molar-refractivity contribution in [3.63, 3.8) is 0 Å². The fourth-order valence-corrected chi connectivity index (χ4v) is 1.32. The van der Waals surface area contributed by atoms with Gasteiger partial charge in [0.2, 0.25) is 0 Å². The molecule has 0 unspecified atom stereocenters. The molecule has 2 aliphatic heterocycles. The zero-order chi connectivity index (χ0) is 8.97. The van der Waals surface area contributed by atoms with Gasteiger partial charge in [0.15, 0.2) is 6.29 Å². The van der Waals surface area contributed by atoms with Crippen molar-refractivity contribution >= 4 is 0 Å². The molecule has 0 radical (unpaired) electrons. The highest BCUT2D eigenvalue weighted by Gasteiger charge is 2.29. The fraction of sp³-hybridized carbons (Fsp3) is 1.00. The maximum atomic E-state index is 5.38. The number of hydrogen-bond acceptors (Lipinski definition) is 2. The van der Waals surface area contributed by atoms with Gasteiger partial charge in [-0.05, 0) is 25.2 Å². The summed E-state index contributed by atoms with van der Waals surface area (Å²) < 4.78 is 10.6. The van der Waals surface area contributed by atoms with Crippen LogP contribution in [0.2, 0.25) is 0 Å². The molecule has 0 aromatic rings. The Morgan fingerprint density at radius 2 is 1.83 bits per heavy atom. The molecule has 0 N–H and O–H groups in total. The molecular weight excluding hydrogens is 152 g/mol. The minimum Gasteiger partial charge on any atom is -0.350 e. The molecule has 0 aromatic carbocycles. The molecular formula is C10H20O2. The normalized spacial score (nSPS) is 33.0. The largest absolute Gasteiger partial charge is 0.350 e. The second-order valence-corrected chi connectivity index (χ2v) is 4.18. The Hall–Kier alpha value is -0.0800. The maximum absolute atomic E-state index is 5.38. The third-order valence-electron chi connectivity index (χ3n) is 1.78. The summed E-state index contributed by atoms with van der Waals surface area (Å²) in [5.41, 5.74) is 0. The van der Waals surface area contributed by atoms with Gasteiger partial charge in [-0.1, -0.05) is 20.8 Å². The van der Waals surface area contributed by atoms with Crippen LogP contribution in [0.15, 0.2) is 0 Å². The van der Waals surface area contributed by atoms with E-state index in [0.29, 0.717) is 6.10 Å². The molecule has 0 aliphatic carbocycles. The Bertz CT molecular complexity index is 106. The van der Waals surface area contributed by atoms with Gasteiger partial charge in [-0.3, -0.25) is 0 Å². The van der Waals surface area contributed by atoms with Gasteiger partial charge in [-0.15, -0.1) is 0 Å². The molecule has 0 amide bonds. The van der Waals surface area contributed by atoms with E-state index >= 15 is 0 Å². The minimum absolute atomic E-state index is 0.161. The fourth-order valence-electron chi connectivity index (χ4n) is 1.32. The van der Waals surface area contributed by atoms with E-state index in [0.717, 1.165) is 18.9 Å². The Morgan fingerprint density at radius 1 is 1.17 bits per heavy atom. The Balaban J connectivity index is 0.000000157. The van der Waals surface area contributed by atoms with Crippen LogP contribution in [0, 0.1) is 5.92 Å². The lowest BCUT2D eigenvalue weighted by molar-refractivity contribution is -0.0815. The molecule has 12 heavy (non-hydrogen) atoms. The van der Waals surface area contributed by atoms with Crippen molar-refractivity contribution in [2.24, 2.45) is 5.92 Å². The summed E-state index contributed by atoms with van der Waals surface area (Å²) in [6.07, 6.45) is 4.20. The van der Waals surface area contributed by atoms with Crippen molar-refractivity contribution < 1.29 is 9.47 Å². The first-order chi connectivity index (χ1) is 5.68. The number of fused-ring (bicyclic) bond motifs is 2. The molecule has 2 fully saturated rings. The van der Waals surface area contributed by atoms with Crippen LogP contribution in [0.1, 0.15) is 40.0 Å². The smallest absolute Gasteiger partial charge is 0.158 e. The first-order valence-electron chi connectivity index (χ1n) is 4.95. The molecule has 2 atom stereocenters. The van der Waals surface area contributed by atoms with Gasteiger partial charge in [0.05, 0.1) is 12.7 Å². The number of ether oxygens (including phenoxy) is 2. The Kier molecular flexibility index (Phi) is 4.02. The van der Waals surface area contributed by atoms with E-state index in [9.17, 15) is 0 Å². The van der Waals surface area contributed by atoms with Crippen LogP contribution >= 0.6 is 0 Å². The molecule has 0 saturated carbocycles. The summed E-state index contributed by atoms with van der Waals surface area (Å²) in [5.74, 6) is 0.833. The molecule has 2 nitrogen and oxygen atoms in total. The lowest BCUT2D eigenvalue weighted by Crippen LogP contribution is -2.17. The van der Waals surface area contributed by atoms with Crippen molar-refractivity contribution in [2.45, 2.75) is 52.4 Å². The Morgan fingerprint density at radius 3 is 2.33 bits per heavy atom. The van der Waals surface area contributed by atoms with E-state index in [1.54, 1.807) is 0 Å². The minimum atomic E-state index is 0.161. The number of hydrogen-bond donors (Lipinski definition) is 0. The Labute approximate surface area is 75.2 Å². The summed E-state index contributed by atoms with van der Waals surface area (Å²) in [5, 5.41) is 0. The van der Waals surface area contributed by atoms with Gasteiger partial charge < -0.3 is 9.47 Å². The number of rotatable bonds is 0. The van der Waals surface area contributed by atoms with E-state index in [-0.39, 0.29) is 6.29 Å². The zero-order valence-corrected chi connectivity index (χ0v) is 8.38. The average Bonchev–Trinajstić information content (AvgIpc) is 2.30. The van der Waals surface area contributed by atoms with Crippen LogP contribution in [0.3, 0.4) is 0 Å². The van der Waals surface area contributed by atoms with E-state index in [1.165, 1.54) is 12.8 Å². The van der Waals surface area contributed by atoms with Gasteiger partial charge in [-0.25, -0.2) is 0 Å². The third kappa shape index (κ3) is 3.55. The summed E-state index contributed by atoms with van der Waals surface area (Å²) in [6, 6.07) is 0. The summed E-state index contributed by atoms with van der Waals surface area (Å²) >= 11 is 0. The van der Waals surface area contributed by atoms with E-state index < -0.39 is 0 Å². The van der Waals surface area contributed by atoms with Gasteiger partial charge >= 0.3 is 0 Å². The SMILES string of the molecule is C1C[C@H]2CO[C@@H](C1)O2.CC(C)C. The third-order valence-corrected chi connectivity index (χ3v) is 1.78. The topological polar surface area (TPSA) is 18.5 Å². The average molecular weight is 172 g/mol. The van der Waals surface area contributed by atoms with E-state index in [1.807, 2.05) is 0 Å². The van der Waals surface area contributed by atoms with Crippen molar-refractivity contribution in [1.29, 1.82) is 0 Å². The van der Waals surface area contributed by atoms with Gasteiger partial charge in [0.25, 0.3) is 0 Å². The molecule has 2 heterocycles. The monoisotopic (exact) mass is 172 g/mol. The highest BCUT2D eigenvalue weighted by atomic mass is 16.7. The van der Waals surface area contributed by atoms with Crippen LogP contribution in [-0.2, 0) is 9.47 Å². The lowest BCUT2D eigenvalue weighted by atomic mass is 10.1. The highest BCUT2D eigenvalue weighted by molar-refractivity contribution is 4.71. The zero-order valence-electron chi connectivity index (χ0n) is 8.38. The lowest BCUT2D eigenvalue weighted by Gasteiger charge is -2.16. The first kappa shape index (κ1) is 10.0. The molecule has 0 aromatic heterocycles. The molecule has 2 heteroatoms. The van der Waals surface area contributed by atoms with Crippen molar-refractivity contribution in [3.8, 4) is 0 Å². The van der Waals surface area contributed by atoms with Crippen LogP contribution in [0.5, 0.6) is 0 Å². The van der Waals surface area contributed by atoms with Crippen molar-refractivity contribution in [1.82, 2.24) is 0 Å². The second kappa shape index (κ2) is 4.83. The second-order valence-electron chi connectivity index (χ2n) is 4.18. The van der Waals surface area contributed by atoms with Crippen molar-refractivity contribution in [3.05, 3.63) is 0 Å². The molecule has 72 valence electrons. The molecule has 2 saturated heterocycles. The first-order valence-corrected chi connectivity index (χ1v) is 4.95. The summed E-state index contributed by atoms with van der Waals surface area (Å²) in [6.45, 7) is 7.34. The van der Waals surface area contributed by atoms with Crippen molar-refractivity contribution in [2.75, 3.05) is 6.61 Å². The van der Waals surface area contributed by atoms with Crippen LogP contribution in [-0.4, -0.2) is 19.0 Å². The molecule has 2 aliphatic rings. The summed E-state index contributed by atoms with van der Waals surface area (Å²) in [4.78, 5) is 0. The predicted octanol–water partition coefficient (Wildman–Crippen LogP) is 2.57. The van der Waals surface area contributed by atoms with Gasteiger partial charge in [0.1, 0.15) is 0 Å². The van der Waals surface area contributed by atoms with Gasteiger partial charge in [0, 0.05) is 0 Å². The van der Waals surface area contributed by atoms with Crippen LogP contribution in [0.25, 0.3) is 0 Å². The predicted molar refractivity (Wildman–Crippen MR) is 49.0 cm³/mol.